The summed E-state index contributed by atoms with van der Waals surface area (Å²) in [6.45, 7) is 1.64. The van der Waals surface area contributed by atoms with E-state index in [0.717, 1.165) is 30.0 Å². The third-order valence-electron chi connectivity index (χ3n) is 3.48. The molecule has 1 heterocycles. The number of carbonyl (C=O) groups is 1. The Balaban J connectivity index is 1.48. The SMILES string of the molecule is O=C(NCCSc1ccccc1)c1ccc2c(c1)CCN2. The van der Waals surface area contributed by atoms with Crippen LogP contribution in [0.3, 0.4) is 0 Å². The lowest BCUT2D eigenvalue weighted by Crippen LogP contribution is -2.25. The van der Waals surface area contributed by atoms with Crippen molar-refractivity contribution in [3.8, 4) is 0 Å². The standard InChI is InChI=1S/C17H18N2OS/c20-17(14-6-7-16-13(12-14)8-9-18-16)19-10-11-21-15-4-2-1-3-5-15/h1-7,12,18H,8-11H2,(H,19,20). The predicted octanol–water partition coefficient (Wildman–Crippen LogP) is 3.18. The van der Waals surface area contributed by atoms with Gasteiger partial charge in [0.2, 0.25) is 0 Å². The van der Waals surface area contributed by atoms with E-state index >= 15 is 0 Å². The van der Waals surface area contributed by atoms with E-state index in [9.17, 15) is 4.79 Å². The van der Waals surface area contributed by atoms with Gasteiger partial charge in [0.25, 0.3) is 5.91 Å². The fraction of sp³-hybridized carbons (Fsp3) is 0.235. The highest BCUT2D eigenvalue weighted by Crippen LogP contribution is 2.23. The van der Waals surface area contributed by atoms with Gasteiger partial charge in [0, 0.05) is 35.0 Å². The summed E-state index contributed by atoms with van der Waals surface area (Å²) in [7, 11) is 0. The van der Waals surface area contributed by atoms with Crippen LogP contribution in [0.1, 0.15) is 15.9 Å². The Bertz CT molecular complexity index is 628. The summed E-state index contributed by atoms with van der Waals surface area (Å²) in [5.41, 5.74) is 3.15. The molecule has 1 amide bonds. The first-order valence-electron chi connectivity index (χ1n) is 7.16. The second-order valence-electron chi connectivity index (χ2n) is 4.97. The summed E-state index contributed by atoms with van der Waals surface area (Å²) in [5.74, 6) is 0.890. The summed E-state index contributed by atoms with van der Waals surface area (Å²) < 4.78 is 0. The fourth-order valence-electron chi connectivity index (χ4n) is 2.40. The molecule has 0 atom stereocenters. The van der Waals surface area contributed by atoms with Crippen LogP contribution < -0.4 is 10.6 Å². The first-order chi connectivity index (χ1) is 10.3. The first kappa shape index (κ1) is 14.0. The van der Waals surface area contributed by atoms with Gasteiger partial charge < -0.3 is 10.6 Å². The number of carbonyl (C=O) groups excluding carboxylic acids is 1. The topological polar surface area (TPSA) is 41.1 Å². The number of anilines is 1. The zero-order valence-corrected chi connectivity index (χ0v) is 12.6. The third-order valence-corrected chi connectivity index (χ3v) is 4.49. The minimum absolute atomic E-state index is 0.0124. The molecule has 0 aliphatic carbocycles. The molecule has 0 radical (unpaired) electrons. The molecular formula is C17H18N2OS. The molecule has 3 nitrogen and oxygen atoms in total. The molecule has 0 saturated heterocycles. The first-order valence-corrected chi connectivity index (χ1v) is 8.14. The van der Waals surface area contributed by atoms with Crippen molar-refractivity contribution in [2.24, 2.45) is 0 Å². The number of thioether (sulfide) groups is 1. The molecule has 0 unspecified atom stereocenters. The van der Waals surface area contributed by atoms with Gasteiger partial charge in [-0.2, -0.15) is 0 Å². The van der Waals surface area contributed by atoms with Crippen LogP contribution in [0.25, 0.3) is 0 Å². The monoisotopic (exact) mass is 298 g/mol. The van der Waals surface area contributed by atoms with Crippen molar-refractivity contribution in [1.29, 1.82) is 0 Å². The molecule has 3 rings (SSSR count). The lowest BCUT2D eigenvalue weighted by Gasteiger charge is -2.07. The van der Waals surface area contributed by atoms with E-state index in [1.807, 2.05) is 36.4 Å². The quantitative estimate of drug-likeness (QED) is 0.658. The Hall–Kier alpha value is -1.94. The van der Waals surface area contributed by atoms with Gasteiger partial charge >= 0.3 is 0 Å². The largest absolute Gasteiger partial charge is 0.384 e. The number of amides is 1. The summed E-state index contributed by atoms with van der Waals surface area (Å²) in [6.07, 6.45) is 1.00. The molecule has 21 heavy (non-hydrogen) atoms. The van der Waals surface area contributed by atoms with Gasteiger partial charge in [-0.1, -0.05) is 18.2 Å². The smallest absolute Gasteiger partial charge is 0.251 e. The van der Waals surface area contributed by atoms with Gasteiger partial charge in [-0.05, 0) is 42.3 Å². The highest BCUT2D eigenvalue weighted by atomic mass is 32.2. The van der Waals surface area contributed by atoms with Crippen molar-refractivity contribution in [2.45, 2.75) is 11.3 Å². The Morgan fingerprint density at radius 2 is 2.05 bits per heavy atom. The second-order valence-corrected chi connectivity index (χ2v) is 6.13. The maximum Gasteiger partial charge on any atom is 0.251 e. The molecule has 0 aromatic heterocycles. The van der Waals surface area contributed by atoms with E-state index in [1.54, 1.807) is 11.8 Å². The molecule has 2 N–H and O–H groups in total. The van der Waals surface area contributed by atoms with Gasteiger partial charge in [0.05, 0.1) is 0 Å². The van der Waals surface area contributed by atoms with E-state index < -0.39 is 0 Å². The molecule has 2 aromatic carbocycles. The average Bonchev–Trinajstić information content (AvgIpc) is 3.00. The van der Waals surface area contributed by atoms with E-state index in [-0.39, 0.29) is 5.91 Å². The zero-order valence-electron chi connectivity index (χ0n) is 11.8. The van der Waals surface area contributed by atoms with Gasteiger partial charge in [-0.3, -0.25) is 4.79 Å². The van der Waals surface area contributed by atoms with E-state index in [0.29, 0.717) is 6.54 Å². The van der Waals surface area contributed by atoms with Crippen LogP contribution in [0.2, 0.25) is 0 Å². The zero-order chi connectivity index (χ0) is 14.5. The van der Waals surface area contributed by atoms with Crippen molar-refractivity contribution in [3.63, 3.8) is 0 Å². The van der Waals surface area contributed by atoms with Crippen LogP contribution >= 0.6 is 11.8 Å². The molecule has 0 bridgehead atoms. The van der Waals surface area contributed by atoms with Crippen molar-refractivity contribution < 1.29 is 4.79 Å². The average molecular weight is 298 g/mol. The van der Waals surface area contributed by atoms with Gasteiger partial charge in [0.1, 0.15) is 0 Å². The molecule has 0 fully saturated rings. The van der Waals surface area contributed by atoms with Crippen LogP contribution in [-0.4, -0.2) is 24.7 Å². The Morgan fingerprint density at radius 3 is 2.90 bits per heavy atom. The Labute approximate surface area is 129 Å². The fourth-order valence-corrected chi connectivity index (χ4v) is 3.19. The molecule has 4 heteroatoms. The van der Waals surface area contributed by atoms with Crippen molar-refractivity contribution in [1.82, 2.24) is 5.32 Å². The highest BCUT2D eigenvalue weighted by Gasteiger charge is 2.13. The second kappa shape index (κ2) is 6.68. The summed E-state index contributed by atoms with van der Waals surface area (Å²) in [4.78, 5) is 13.3. The third kappa shape index (κ3) is 3.58. The number of hydrogen-bond donors (Lipinski definition) is 2. The number of fused-ring (bicyclic) bond motifs is 1. The molecule has 0 spiro atoms. The molecular weight excluding hydrogens is 280 g/mol. The van der Waals surface area contributed by atoms with Crippen LogP contribution in [0.4, 0.5) is 5.69 Å². The molecule has 1 aliphatic rings. The van der Waals surface area contributed by atoms with Crippen LogP contribution in [0, 0.1) is 0 Å². The lowest BCUT2D eigenvalue weighted by molar-refractivity contribution is 0.0956. The number of rotatable bonds is 5. The summed E-state index contributed by atoms with van der Waals surface area (Å²) >= 11 is 1.75. The Kier molecular flexibility index (Phi) is 4.46. The number of nitrogens with one attached hydrogen (secondary N) is 2. The maximum atomic E-state index is 12.1. The molecule has 1 aliphatic heterocycles. The predicted molar refractivity (Wildman–Crippen MR) is 88.1 cm³/mol. The lowest BCUT2D eigenvalue weighted by atomic mass is 10.1. The van der Waals surface area contributed by atoms with Gasteiger partial charge in [-0.25, -0.2) is 0 Å². The molecule has 2 aromatic rings. The number of hydrogen-bond acceptors (Lipinski definition) is 3. The van der Waals surface area contributed by atoms with Crippen molar-refractivity contribution in [2.75, 3.05) is 24.2 Å². The highest BCUT2D eigenvalue weighted by molar-refractivity contribution is 7.99. The maximum absolute atomic E-state index is 12.1. The van der Waals surface area contributed by atoms with Crippen molar-refractivity contribution >= 4 is 23.4 Å². The number of benzene rings is 2. The van der Waals surface area contributed by atoms with Gasteiger partial charge in [0.15, 0.2) is 0 Å². The van der Waals surface area contributed by atoms with Crippen LogP contribution in [0.5, 0.6) is 0 Å². The van der Waals surface area contributed by atoms with Crippen molar-refractivity contribution in [3.05, 3.63) is 59.7 Å². The van der Waals surface area contributed by atoms with E-state index in [1.165, 1.54) is 10.5 Å². The van der Waals surface area contributed by atoms with Gasteiger partial charge in [-0.15, -0.1) is 11.8 Å². The molecule has 0 saturated carbocycles. The minimum Gasteiger partial charge on any atom is -0.384 e. The van der Waals surface area contributed by atoms with Crippen LogP contribution in [0.15, 0.2) is 53.4 Å². The normalized spacial score (nSPS) is 12.6. The van der Waals surface area contributed by atoms with E-state index in [4.69, 9.17) is 0 Å². The summed E-state index contributed by atoms with van der Waals surface area (Å²) in [6, 6.07) is 16.1. The summed E-state index contributed by atoms with van der Waals surface area (Å²) in [5, 5.41) is 6.28. The molecule has 108 valence electrons. The van der Waals surface area contributed by atoms with Crippen LogP contribution in [-0.2, 0) is 6.42 Å². The van der Waals surface area contributed by atoms with E-state index in [2.05, 4.69) is 22.8 Å². The minimum atomic E-state index is 0.0124. The Morgan fingerprint density at radius 1 is 1.19 bits per heavy atom.